The Kier molecular flexibility index (Phi) is 5.92. The number of amides is 2. The van der Waals surface area contributed by atoms with Crippen molar-refractivity contribution in [3.05, 3.63) is 59.7 Å². The molecule has 0 aliphatic heterocycles. The van der Waals surface area contributed by atoms with E-state index in [2.05, 4.69) is 15.6 Å². The van der Waals surface area contributed by atoms with Crippen molar-refractivity contribution < 1.29 is 14.0 Å². The van der Waals surface area contributed by atoms with Crippen LogP contribution in [0.2, 0.25) is 0 Å². The van der Waals surface area contributed by atoms with Crippen LogP contribution in [0.5, 0.6) is 0 Å². The van der Waals surface area contributed by atoms with E-state index in [0.29, 0.717) is 10.8 Å². The molecule has 4 rings (SSSR count). The molecule has 0 unspecified atom stereocenters. The molecule has 3 aromatic rings. The van der Waals surface area contributed by atoms with Gasteiger partial charge in [-0.15, -0.1) is 23.1 Å². The zero-order chi connectivity index (χ0) is 20.2. The minimum atomic E-state index is -0.300. The molecule has 0 spiro atoms. The van der Waals surface area contributed by atoms with Crippen LogP contribution in [-0.4, -0.2) is 22.6 Å². The van der Waals surface area contributed by atoms with Gasteiger partial charge in [-0.05, 0) is 55.3 Å². The van der Waals surface area contributed by atoms with Crippen LogP contribution in [0.4, 0.5) is 15.2 Å². The number of nitrogens with one attached hydrogen (secondary N) is 2. The van der Waals surface area contributed by atoms with Gasteiger partial charge in [0.1, 0.15) is 5.82 Å². The molecular weight excluding hydrogens is 409 g/mol. The van der Waals surface area contributed by atoms with Crippen LogP contribution in [0, 0.1) is 11.7 Å². The molecule has 2 N–H and O–H groups in total. The lowest BCUT2D eigenvalue weighted by atomic mass is 10.2. The maximum absolute atomic E-state index is 13.0. The van der Waals surface area contributed by atoms with Gasteiger partial charge >= 0.3 is 0 Å². The number of carbonyl (C=O) groups excluding carboxylic acids is 2. The number of thiazole rings is 1. The Labute approximate surface area is 175 Å². The van der Waals surface area contributed by atoms with E-state index in [0.717, 1.165) is 29.0 Å². The first-order chi connectivity index (χ1) is 14.1. The van der Waals surface area contributed by atoms with Gasteiger partial charge in [-0.2, -0.15) is 0 Å². The molecule has 8 heteroatoms. The Morgan fingerprint density at radius 3 is 2.69 bits per heavy atom. The summed E-state index contributed by atoms with van der Waals surface area (Å²) in [6.45, 7) is 0. The predicted molar refractivity (Wildman–Crippen MR) is 115 cm³/mol. The number of thioether (sulfide) groups is 1. The van der Waals surface area contributed by atoms with Gasteiger partial charge in [0.25, 0.3) is 0 Å². The molecule has 1 aliphatic carbocycles. The molecule has 2 amide bonds. The summed E-state index contributed by atoms with van der Waals surface area (Å²) in [4.78, 5) is 29.4. The van der Waals surface area contributed by atoms with E-state index in [-0.39, 0.29) is 29.3 Å². The van der Waals surface area contributed by atoms with E-state index < -0.39 is 0 Å². The third-order valence-corrected chi connectivity index (χ3v) is 6.06. The normalized spacial score (nSPS) is 13.1. The number of hydrogen-bond acceptors (Lipinski definition) is 5. The third kappa shape index (κ3) is 5.42. The predicted octanol–water partition coefficient (Wildman–Crippen LogP) is 5.03. The number of anilines is 2. The average Bonchev–Trinajstić information content (AvgIpc) is 3.47. The second kappa shape index (κ2) is 8.75. The second-order valence-corrected chi connectivity index (χ2v) is 8.58. The second-order valence-electron chi connectivity index (χ2n) is 6.67. The SMILES string of the molecule is O=C(CSc1cccc(NC(=O)C2CC2)c1)Nc1nc(-c2ccc(F)cc2)cs1. The third-order valence-electron chi connectivity index (χ3n) is 4.31. The Morgan fingerprint density at radius 2 is 1.93 bits per heavy atom. The van der Waals surface area contributed by atoms with Crippen LogP contribution in [0.1, 0.15) is 12.8 Å². The van der Waals surface area contributed by atoms with Crippen LogP contribution >= 0.6 is 23.1 Å². The summed E-state index contributed by atoms with van der Waals surface area (Å²) in [7, 11) is 0. The number of benzene rings is 2. The summed E-state index contributed by atoms with van der Waals surface area (Å²) < 4.78 is 13.0. The lowest BCUT2D eigenvalue weighted by Gasteiger charge is -2.07. The maximum atomic E-state index is 13.0. The lowest BCUT2D eigenvalue weighted by molar-refractivity contribution is -0.117. The van der Waals surface area contributed by atoms with Gasteiger partial charge in [-0.3, -0.25) is 9.59 Å². The minimum Gasteiger partial charge on any atom is -0.326 e. The first-order valence-corrected chi connectivity index (χ1v) is 11.0. The molecule has 2 aromatic carbocycles. The van der Waals surface area contributed by atoms with E-state index in [1.807, 2.05) is 29.6 Å². The zero-order valence-electron chi connectivity index (χ0n) is 15.4. The summed E-state index contributed by atoms with van der Waals surface area (Å²) in [5.41, 5.74) is 2.23. The van der Waals surface area contributed by atoms with Gasteiger partial charge in [0.15, 0.2) is 5.13 Å². The lowest BCUT2D eigenvalue weighted by Crippen LogP contribution is -2.14. The topological polar surface area (TPSA) is 71.1 Å². The van der Waals surface area contributed by atoms with Crippen molar-refractivity contribution in [2.24, 2.45) is 5.92 Å². The minimum absolute atomic E-state index is 0.0608. The molecule has 1 saturated carbocycles. The highest BCUT2D eigenvalue weighted by molar-refractivity contribution is 8.00. The Morgan fingerprint density at radius 1 is 1.14 bits per heavy atom. The van der Waals surface area contributed by atoms with Gasteiger partial charge in [0.2, 0.25) is 11.8 Å². The summed E-state index contributed by atoms with van der Waals surface area (Å²) >= 11 is 2.71. The van der Waals surface area contributed by atoms with Crippen LogP contribution in [-0.2, 0) is 9.59 Å². The largest absolute Gasteiger partial charge is 0.326 e. The van der Waals surface area contributed by atoms with Crippen LogP contribution < -0.4 is 10.6 Å². The van der Waals surface area contributed by atoms with Crippen molar-refractivity contribution in [3.63, 3.8) is 0 Å². The van der Waals surface area contributed by atoms with Gasteiger partial charge in [0.05, 0.1) is 11.4 Å². The van der Waals surface area contributed by atoms with Crippen LogP contribution in [0.15, 0.2) is 58.8 Å². The average molecular weight is 428 g/mol. The van der Waals surface area contributed by atoms with Crippen molar-refractivity contribution >= 4 is 45.7 Å². The molecule has 1 heterocycles. The maximum Gasteiger partial charge on any atom is 0.236 e. The molecule has 0 bridgehead atoms. The van der Waals surface area contributed by atoms with Gasteiger partial charge in [-0.1, -0.05) is 6.07 Å². The highest BCUT2D eigenvalue weighted by Gasteiger charge is 2.29. The van der Waals surface area contributed by atoms with Crippen molar-refractivity contribution in [1.29, 1.82) is 0 Å². The van der Waals surface area contributed by atoms with Crippen molar-refractivity contribution in [2.45, 2.75) is 17.7 Å². The molecule has 29 heavy (non-hydrogen) atoms. The standard InChI is InChI=1S/C21H18FN3O2S2/c22-15-8-6-13(7-9-15)18-11-29-21(24-18)25-19(26)12-28-17-3-1-2-16(10-17)23-20(27)14-4-5-14/h1-3,6-11,14H,4-5,12H2,(H,23,27)(H,24,25,26). The first kappa shape index (κ1) is 19.6. The van der Waals surface area contributed by atoms with E-state index >= 15 is 0 Å². The molecule has 0 atom stereocenters. The number of aromatic nitrogens is 1. The van der Waals surface area contributed by atoms with E-state index in [9.17, 15) is 14.0 Å². The summed E-state index contributed by atoms with van der Waals surface area (Å²) in [5.74, 6) is -0.0280. The smallest absolute Gasteiger partial charge is 0.236 e. The molecule has 5 nitrogen and oxygen atoms in total. The summed E-state index contributed by atoms with van der Waals surface area (Å²) in [6, 6.07) is 13.5. The summed E-state index contributed by atoms with van der Waals surface area (Å²) in [6.07, 6.45) is 1.92. The molecule has 0 saturated heterocycles. The number of carbonyl (C=O) groups is 2. The fourth-order valence-electron chi connectivity index (χ4n) is 2.64. The van der Waals surface area contributed by atoms with Gasteiger partial charge in [-0.25, -0.2) is 9.37 Å². The molecular formula is C21H18FN3O2S2. The van der Waals surface area contributed by atoms with Crippen LogP contribution in [0.25, 0.3) is 11.3 Å². The number of rotatable bonds is 7. The van der Waals surface area contributed by atoms with E-state index in [1.54, 1.807) is 12.1 Å². The number of halogens is 1. The van der Waals surface area contributed by atoms with Crippen molar-refractivity contribution in [1.82, 2.24) is 4.98 Å². The van der Waals surface area contributed by atoms with Crippen LogP contribution in [0.3, 0.4) is 0 Å². The molecule has 1 aromatic heterocycles. The van der Waals surface area contributed by atoms with Crippen molar-refractivity contribution in [3.8, 4) is 11.3 Å². The quantitative estimate of drug-likeness (QED) is 0.519. The van der Waals surface area contributed by atoms with E-state index in [4.69, 9.17) is 0 Å². The Hall–Kier alpha value is -2.71. The molecule has 0 radical (unpaired) electrons. The molecule has 1 aliphatic rings. The fourth-order valence-corrected chi connectivity index (χ4v) is 4.13. The monoisotopic (exact) mass is 427 g/mol. The van der Waals surface area contributed by atoms with Gasteiger partial charge in [0, 0.05) is 27.4 Å². The Bertz CT molecular complexity index is 1030. The van der Waals surface area contributed by atoms with Crippen molar-refractivity contribution in [2.75, 3.05) is 16.4 Å². The molecule has 148 valence electrons. The number of hydrogen-bond donors (Lipinski definition) is 2. The highest BCUT2D eigenvalue weighted by Crippen LogP contribution is 2.31. The van der Waals surface area contributed by atoms with E-state index in [1.165, 1.54) is 35.2 Å². The summed E-state index contributed by atoms with van der Waals surface area (Å²) in [5, 5.41) is 8.02. The molecule has 1 fully saturated rings. The number of nitrogens with zero attached hydrogens (tertiary/aromatic N) is 1. The Balaban J connectivity index is 1.30. The first-order valence-electron chi connectivity index (χ1n) is 9.12. The fraction of sp³-hybridized carbons (Fsp3) is 0.190. The van der Waals surface area contributed by atoms with Gasteiger partial charge < -0.3 is 10.6 Å². The highest BCUT2D eigenvalue weighted by atomic mass is 32.2. The zero-order valence-corrected chi connectivity index (χ0v) is 17.0.